The topological polar surface area (TPSA) is 37.3 Å². The van der Waals surface area contributed by atoms with Crippen molar-refractivity contribution >= 4 is 171 Å². The zero-order valence-corrected chi connectivity index (χ0v) is 86.0. The molecule has 0 saturated carbocycles. The van der Waals surface area contributed by atoms with E-state index in [1.807, 2.05) is 13.8 Å². The third-order valence-electron chi connectivity index (χ3n) is 25.1. The summed E-state index contributed by atoms with van der Waals surface area (Å²) in [5.74, 6) is -0.848. The van der Waals surface area contributed by atoms with Gasteiger partial charge in [-0.2, -0.15) is 0 Å². The van der Waals surface area contributed by atoms with E-state index in [1.54, 1.807) is 0 Å². The van der Waals surface area contributed by atoms with E-state index in [0.29, 0.717) is 5.56 Å². The molecule has 0 heterocycles. The molecule has 0 aliphatic rings. The molecule has 0 saturated heterocycles. The Kier molecular flexibility index (Phi) is 32.7. The molecule has 618 valence electrons. The molecule has 0 spiro atoms. The van der Waals surface area contributed by atoms with Gasteiger partial charge in [0.05, 0.1) is 5.56 Å². The van der Waals surface area contributed by atoms with Crippen LogP contribution in [-0.4, -0.2) is 31.2 Å². The van der Waals surface area contributed by atoms with Crippen LogP contribution >= 0.6 is 95.6 Å². The number of aryl methyl sites for hydroxylation is 18. The van der Waals surface area contributed by atoms with Crippen LogP contribution in [0.3, 0.4) is 0 Å². The highest BCUT2D eigenvalue weighted by Crippen LogP contribution is 2.35. The van der Waals surface area contributed by atoms with E-state index < -0.39 is 5.97 Å². The molecule has 0 atom stereocenters. The summed E-state index contributed by atoms with van der Waals surface area (Å²) in [6.45, 7) is 66.3. The van der Waals surface area contributed by atoms with Crippen LogP contribution in [0.2, 0.25) is 0 Å². The lowest BCUT2D eigenvalue weighted by Crippen LogP contribution is -2.58. The second-order valence-electron chi connectivity index (χ2n) is 34.3. The van der Waals surface area contributed by atoms with Gasteiger partial charge in [0.25, 0.3) is 0 Å². The van der Waals surface area contributed by atoms with Crippen molar-refractivity contribution in [1.29, 1.82) is 0 Å². The highest BCUT2D eigenvalue weighted by molar-refractivity contribution is 9.11. The molecule has 13 rings (SSSR count). The highest BCUT2D eigenvalue weighted by Gasteiger charge is 2.36. The first-order valence-corrected chi connectivity index (χ1v) is 46.4. The lowest BCUT2D eigenvalue weighted by Gasteiger charge is -2.29. The summed E-state index contributed by atoms with van der Waals surface area (Å²) >= 11 is 21.4. The number of carboxylic acids is 1. The molecule has 2 nitrogen and oxygen atoms in total. The molecule has 0 amide bonds. The largest absolute Gasteiger partial charge is 0.478 e. The molecule has 0 aliphatic heterocycles. The maximum absolute atomic E-state index is 12.1. The van der Waals surface area contributed by atoms with E-state index in [-0.39, 0.29) is 20.1 Å². The first-order valence-electron chi connectivity index (χ1n) is 41.6. The maximum Gasteiger partial charge on any atom is 0.336 e. The van der Waals surface area contributed by atoms with Gasteiger partial charge in [0.15, 0.2) is 0 Å². The van der Waals surface area contributed by atoms with Crippen molar-refractivity contribution in [3.05, 3.63) is 369 Å². The molecule has 0 fully saturated rings. The molecular weight excluding hydrogens is 1850 g/mol. The summed E-state index contributed by atoms with van der Waals surface area (Å²) in [6.07, 6.45) is 0. The molecule has 0 aromatic heterocycles. The number of carbonyl (C=O) groups is 1. The molecule has 1 N–H and O–H groups in total. The van der Waals surface area contributed by atoms with E-state index in [0.717, 1.165) is 35.7 Å². The Hall–Kier alpha value is -7.60. The Bertz CT molecular complexity index is 5530. The zero-order chi connectivity index (χ0) is 89.0. The maximum atomic E-state index is 12.1. The third kappa shape index (κ3) is 21.4. The SMILES string of the molecule is Brc1ccc(-c2ccc(Br)cc2)cc1.Cc1c(C)c(Br)c(C)c(C)c1Br.Cc1cc(C)c(B(c2c(C)cc(C)cc2C)c2c(C)c(C)c(Br)c(C)c2C)c(C)c1.Cc1cc(C)c(B(c2c(C)cc(C)cc2C)c2c(C)c(C)c(C(=O)O)c(C)c2C)c(C)c1.Cc1cc(C)c(B(c2ccc(-c3ccc(Br)cc3)cc2)c2c(C)cc(C)cc2C)c(C)c1. The van der Waals surface area contributed by atoms with Crippen molar-refractivity contribution in [2.45, 2.75) is 208 Å². The zero-order valence-electron chi connectivity index (χ0n) is 76.5. The first-order chi connectivity index (χ1) is 56.3. The van der Waals surface area contributed by atoms with Gasteiger partial charge in [0, 0.05) is 26.8 Å². The minimum Gasteiger partial charge on any atom is -0.478 e. The van der Waals surface area contributed by atoms with Crippen LogP contribution in [0.5, 0.6) is 0 Å². The fourth-order valence-electron chi connectivity index (χ4n) is 19.1. The van der Waals surface area contributed by atoms with E-state index in [4.69, 9.17) is 0 Å². The van der Waals surface area contributed by atoms with Gasteiger partial charge in [-0.1, -0.05) is 401 Å². The Labute approximate surface area is 772 Å². The van der Waals surface area contributed by atoms with Crippen molar-refractivity contribution in [1.82, 2.24) is 0 Å². The van der Waals surface area contributed by atoms with Gasteiger partial charge in [-0.15, -0.1) is 0 Å². The van der Waals surface area contributed by atoms with Crippen LogP contribution in [0.25, 0.3) is 22.3 Å². The number of halogens is 6. The van der Waals surface area contributed by atoms with Crippen molar-refractivity contribution in [2.24, 2.45) is 0 Å². The van der Waals surface area contributed by atoms with Gasteiger partial charge in [0.1, 0.15) is 0 Å². The predicted molar refractivity (Wildman–Crippen MR) is 551 cm³/mol. The Morgan fingerprint density at radius 3 is 0.550 bits per heavy atom. The van der Waals surface area contributed by atoms with Crippen LogP contribution in [0.1, 0.15) is 177 Å². The van der Waals surface area contributed by atoms with Gasteiger partial charge >= 0.3 is 5.97 Å². The van der Waals surface area contributed by atoms with Gasteiger partial charge in [-0.05, 0) is 311 Å². The number of rotatable bonds is 12. The van der Waals surface area contributed by atoms with Gasteiger partial charge in [-0.3, -0.25) is 0 Å². The van der Waals surface area contributed by atoms with Crippen LogP contribution in [-0.2, 0) is 0 Å². The van der Waals surface area contributed by atoms with Gasteiger partial charge < -0.3 is 5.11 Å². The Morgan fingerprint density at radius 2 is 0.367 bits per heavy atom. The lowest BCUT2D eigenvalue weighted by atomic mass is 9.32. The van der Waals surface area contributed by atoms with Crippen molar-refractivity contribution in [3.63, 3.8) is 0 Å². The van der Waals surface area contributed by atoms with Crippen LogP contribution in [0.15, 0.2) is 197 Å². The summed E-state index contributed by atoms with van der Waals surface area (Å²) < 4.78 is 7.04. The van der Waals surface area contributed by atoms with E-state index in [9.17, 15) is 9.90 Å². The second-order valence-corrected chi connectivity index (χ2v) is 39.4. The summed E-state index contributed by atoms with van der Waals surface area (Å²) in [5, 5.41) is 9.90. The summed E-state index contributed by atoms with van der Waals surface area (Å²) in [6, 6.07) is 62.1. The minimum atomic E-state index is -0.848. The average molecular weight is 1970 g/mol. The van der Waals surface area contributed by atoms with Crippen LogP contribution < -0.4 is 49.2 Å². The monoisotopic (exact) mass is 1970 g/mol. The van der Waals surface area contributed by atoms with Crippen molar-refractivity contribution in [2.75, 3.05) is 0 Å². The van der Waals surface area contributed by atoms with E-state index in [1.165, 1.54) is 229 Å². The standard InChI is InChI=1S/C30H30BBr.C29H35BO2.C28H34BBr.C12H8Br2.C10H12Br2/c1-19-15-21(3)29(22(4)16-19)31(30-23(5)17-20(2)18-24(30)6)27-11-7-25(8-12-27)26-9-13-28(32)14-10-26;1-15-11-17(3)26(18(4)12-15)30(27-19(5)13-16(2)14-20(27)6)28-23(9)21(7)25(29(31)32)22(8)24(28)10;1-15-11-17(3)25(18(4)12-15)29(26-19(5)13-16(2)14-20(26)6)27-21(7)23(9)28(30)24(10)22(27)8;13-11-5-1-9(2-6-11)10-3-7-12(14)8-4-10;1-5-6(2)10(12)8(4)7(3)9(5)11/h7-18H,1-6H3;11-14H,1-10H3,(H,31,32);11-14H,1-10H3;1-8H;1-4H3. The van der Waals surface area contributed by atoms with E-state index >= 15 is 0 Å². The number of carboxylic acid groups (broad SMARTS) is 1. The van der Waals surface area contributed by atoms with Gasteiger partial charge in [-0.25, -0.2) is 4.79 Å². The second kappa shape index (κ2) is 40.8. The highest BCUT2D eigenvalue weighted by atomic mass is 79.9. The van der Waals surface area contributed by atoms with Crippen LogP contribution in [0.4, 0.5) is 0 Å². The molecule has 0 aliphatic carbocycles. The number of benzene rings is 13. The number of hydrogen-bond acceptors (Lipinski definition) is 1. The average Bonchev–Trinajstić information content (AvgIpc) is 0.738. The molecule has 120 heavy (non-hydrogen) atoms. The Morgan fingerprint density at radius 1 is 0.208 bits per heavy atom. The van der Waals surface area contributed by atoms with E-state index in [2.05, 4.69) is 459 Å². The molecular formula is C109H119B3Br6O2. The molecule has 0 radical (unpaired) electrons. The predicted octanol–water partition coefficient (Wildman–Crippen LogP) is 26.8. The van der Waals surface area contributed by atoms with Crippen molar-refractivity contribution in [3.8, 4) is 22.3 Å². The number of hydrogen-bond donors (Lipinski definition) is 1. The summed E-state index contributed by atoms with van der Waals surface area (Å²) in [7, 11) is 0. The fourth-order valence-corrected chi connectivity index (χ4v) is 21.6. The first kappa shape index (κ1) is 96.2. The summed E-state index contributed by atoms with van der Waals surface area (Å²) in [5.41, 5.74) is 56.6. The van der Waals surface area contributed by atoms with Gasteiger partial charge in [0.2, 0.25) is 20.1 Å². The fraction of sp³-hybridized carbons (Fsp3) is 0.275. The smallest absolute Gasteiger partial charge is 0.336 e. The molecule has 13 aromatic rings. The normalized spacial score (nSPS) is 10.9. The summed E-state index contributed by atoms with van der Waals surface area (Å²) in [4.78, 5) is 12.1. The molecule has 0 bridgehead atoms. The number of aromatic carboxylic acids is 1. The third-order valence-corrected chi connectivity index (χ3v) is 30.3. The minimum absolute atomic E-state index is 0.0523. The lowest BCUT2D eigenvalue weighted by molar-refractivity contribution is 0.0695. The molecule has 11 heteroatoms. The van der Waals surface area contributed by atoms with Crippen molar-refractivity contribution < 1.29 is 9.90 Å². The molecule has 0 unspecified atom stereocenters. The molecule has 13 aromatic carbocycles. The van der Waals surface area contributed by atoms with Crippen LogP contribution in [0, 0.1) is 208 Å². The quantitative estimate of drug-likeness (QED) is 0.124. The Balaban J connectivity index is 0.000000178.